The number of rotatable bonds is 6. The van der Waals surface area contributed by atoms with Crippen molar-refractivity contribution < 1.29 is 27.8 Å². The first-order valence-corrected chi connectivity index (χ1v) is 3.86. The lowest BCUT2D eigenvalue weighted by molar-refractivity contribution is -0.180. The Bertz CT molecular complexity index is 127. The van der Waals surface area contributed by atoms with Crippen LogP contribution in [-0.2, 0) is 9.47 Å². The fraction of sp³-hybridized carbons (Fsp3) is 1.00. The van der Waals surface area contributed by atoms with Crippen molar-refractivity contribution in [3.05, 3.63) is 0 Å². The molecule has 1 N–H and O–H groups in total. The number of aliphatic hydroxyl groups is 1. The van der Waals surface area contributed by atoms with Crippen LogP contribution < -0.4 is 0 Å². The summed E-state index contributed by atoms with van der Waals surface area (Å²) in [5, 5.41) is 8.96. The monoisotopic (exact) mass is 202 g/mol. The molecule has 0 radical (unpaired) electrons. The summed E-state index contributed by atoms with van der Waals surface area (Å²) in [5.74, 6) is 0. The highest BCUT2D eigenvalue weighted by molar-refractivity contribution is 4.53. The van der Waals surface area contributed by atoms with Crippen LogP contribution in [0.2, 0.25) is 0 Å². The minimum atomic E-state index is -4.34. The van der Waals surface area contributed by atoms with Crippen molar-refractivity contribution in [3.8, 4) is 0 Å². The van der Waals surface area contributed by atoms with Crippen molar-refractivity contribution in [2.45, 2.75) is 19.2 Å². The van der Waals surface area contributed by atoms with Crippen molar-refractivity contribution >= 4 is 0 Å². The molecule has 0 fully saturated rings. The molecule has 1 unspecified atom stereocenters. The summed E-state index contributed by atoms with van der Waals surface area (Å²) in [6.45, 7) is 0.434. The predicted octanol–water partition coefficient (Wildman–Crippen LogP) is 0.963. The van der Waals surface area contributed by atoms with Crippen LogP contribution in [0.15, 0.2) is 0 Å². The van der Waals surface area contributed by atoms with Crippen LogP contribution in [0.3, 0.4) is 0 Å². The standard InChI is InChI=1S/C7H13F3O3/c1-2-12-3-6(11)4-13-5-7(8,9)10/h6,11H,2-5H2,1H3. The van der Waals surface area contributed by atoms with E-state index in [1.807, 2.05) is 0 Å². The Morgan fingerprint density at radius 2 is 1.77 bits per heavy atom. The quantitative estimate of drug-likeness (QED) is 0.697. The zero-order valence-corrected chi connectivity index (χ0v) is 7.30. The predicted molar refractivity (Wildman–Crippen MR) is 39.4 cm³/mol. The molecule has 0 saturated carbocycles. The second-order valence-electron chi connectivity index (χ2n) is 2.44. The van der Waals surface area contributed by atoms with Gasteiger partial charge in [0, 0.05) is 6.61 Å². The van der Waals surface area contributed by atoms with Gasteiger partial charge >= 0.3 is 6.18 Å². The van der Waals surface area contributed by atoms with Crippen LogP contribution in [0.1, 0.15) is 6.92 Å². The van der Waals surface area contributed by atoms with Gasteiger partial charge in [-0.2, -0.15) is 13.2 Å². The van der Waals surface area contributed by atoms with Crippen LogP contribution in [0, 0.1) is 0 Å². The lowest BCUT2D eigenvalue weighted by Gasteiger charge is -2.12. The van der Waals surface area contributed by atoms with E-state index in [2.05, 4.69) is 4.74 Å². The summed E-state index contributed by atoms with van der Waals surface area (Å²) >= 11 is 0. The van der Waals surface area contributed by atoms with Crippen LogP contribution in [0.5, 0.6) is 0 Å². The maximum atomic E-state index is 11.5. The molecule has 6 heteroatoms. The van der Waals surface area contributed by atoms with E-state index in [9.17, 15) is 13.2 Å². The third-order valence-corrected chi connectivity index (χ3v) is 1.09. The third kappa shape index (κ3) is 9.59. The highest BCUT2D eigenvalue weighted by Crippen LogP contribution is 2.14. The zero-order valence-electron chi connectivity index (χ0n) is 7.30. The molecule has 0 bridgehead atoms. The maximum absolute atomic E-state index is 11.5. The molecule has 13 heavy (non-hydrogen) atoms. The summed E-state index contributed by atoms with van der Waals surface area (Å²) < 4.78 is 43.5. The van der Waals surface area contributed by atoms with Gasteiger partial charge in [0.1, 0.15) is 12.7 Å². The Balaban J connectivity index is 3.31. The Hall–Kier alpha value is -0.330. The highest BCUT2D eigenvalue weighted by Gasteiger charge is 2.27. The molecule has 0 spiro atoms. The van der Waals surface area contributed by atoms with E-state index in [1.54, 1.807) is 6.92 Å². The molecule has 3 nitrogen and oxygen atoms in total. The summed E-state index contributed by atoms with van der Waals surface area (Å²) in [6, 6.07) is 0. The Morgan fingerprint density at radius 3 is 2.23 bits per heavy atom. The summed E-state index contributed by atoms with van der Waals surface area (Å²) in [6.07, 6.45) is -5.34. The molecule has 0 aromatic rings. The zero-order chi connectivity index (χ0) is 10.3. The third-order valence-electron chi connectivity index (χ3n) is 1.09. The van der Waals surface area contributed by atoms with Crippen molar-refractivity contribution in [2.24, 2.45) is 0 Å². The number of hydrogen-bond donors (Lipinski definition) is 1. The molecule has 80 valence electrons. The van der Waals surface area contributed by atoms with Crippen LogP contribution in [0.25, 0.3) is 0 Å². The van der Waals surface area contributed by atoms with Gasteiger partial charge in [0.2, 0.25) is 0 Å². The smallest absolute Gasteiger partial charge is 0.388 e. The lowest BCUT2D eigenvalue weighted by Crippen LogP contribution is -2.25. The molecule has 0 aliphatic heterocycles. The summed E-state index contributed by atoms with van der Waals surface area (Å²) in [7, 11) is 0. The second-order valence-corrected chi connectivity index (χ2v) is 2.44. The van der Waals surface area contributed by atoms with E-state index in [0.29, 0.717) is 6.61 Å². The van der Waals surface area contributed by atoms with Crippen molar-refractivity contribution in [1.29, 1.82) is 0 Å². The van der Waals surface area contributed by atoms with Crippen molar-refractivity contribution in [1.82, 2.24) is 0 Å². The first kappa shape index (κ1) is 12.7. The minimum absolute atomic E-state index is 0.00560. The molecule has 0 saturated heterocycles. The first-order chi connectivity index (χ1) is 5.95. The molecule has 1 atom stereocenters. The number of hydrogen-bond acceptors (Lipinski definition) is 3. The van der Waals surface area contributed by atoms with Gasteiger partial charge in [-0.15, -0.1) is 0 Å². The largest absolute Gasteiger partial charge is 0.411 e. The van der Waals surface area contributed by atoms with E-state index in [1.165, 1.54) is 0 Å². The van der Waals surface area contributed by atoms with Gasteiger partial charge in [0.25, 0.3) is 0 Å². The maximum Gasteiger partial charge on any atom is 0.411 e. The van der Waals surface area contributed by atoms with E-state index < -0.39 is 18.9 Å². The van der Waals surface area contributed by atoms with Crippen LogP contribution in [0.4, 0.5) is 13.2 Å². The van der Waals surface area contributed by atoms with E-state index in [-0.39, 0.29) is 13.2 Å². The molecule has 0 aliphatic rings. The SMILES string of the molecule is CCOCC(O)COCC(F)(F)F. The highest BCUT2D eigenvalue weighted by atomic mass is 19.4. The van der Waals surface area contributed by atoms with E-state index >= 15 is 0 Å². The fourth-order valence-corrected chi connectivity index (χ4v) is 0.613. The summed E-state index contributed by atoms with van der Waals surface area (Å²) in [5.41, 5.74) is 0. The molecule has 0 aromatic carbocycles. The molecular formula is C7H13F3O3. The minimum Gasteiger partial charge on any atom is -0.388 e. The van der Waals surface area contributed by atoms with Crippen molar-refractivity contribution in [3.63, 3.8) is 0 Å². The first-order valence-electron chi connectivity index (χ1n) is 3.86. The number of halogens is 3. The molecule has 0 rings (SSSR count). The molecule has 0 amide bonds. The van der Waals surface area contributed by atoms with E-state index in [4.69, 9.17) is 9.84 Å². The topological polar surface area (TPSA) is 38.7 Å². The van der Waals surface area contributed by atoms with Crippen molar-refractivity contribution in [2.75, 3.05) is 26.4 Å². The Morgan fingerprint density at radius 1 is 1.23 bits per heavy atom. The lowest BCUT2D eigenvalue weighted by atomic mass is 10.4. The van der Waals surface area contributed by atoms with Gasteiger partial charge < -0.3 is 14.6 Å². The number of ether oxygens (including phenoxy) is 2. The van der Waals surface area contributed by atoms with E-state index in [0.717, 1.165) is 0 Å². The van der Waals surface area contributed by atoms with Gasteiger partial charge in [-0.1, -0.05) is 0 Å². The summed E-state index contributed by atoms with van der Waals surface area (Å²) in [4.78, 5) is 0. The normalized spacial score (nSPS) is 14.5. The fourth-order valence-electron chi connectivity index (χ4n) is 0.613. The molecule has 0 heterocycles. The van der Waals surface area contributed by atoms with Gasteiger partial charge in [-0.3, -0.25) is 0 Å². The molecular weight excluding hydrogens is 189 g/mol. The number of alkyl halides is 3. The Labute approximate surface area is 74.4 Å². The average Bonchev–Trinajstić information content (AvgIpc) is 1.98. The van der Waals surface area contributed by atoms with Gasteiger partial charge in [0.05, 0.1) is 13.2 Å². The average molecular weight is 202 g/mol. The molecule has 0 aliphatic carbocycles. The second kappa shape index (κ2) is 6.17. The Kier molecular flexibility index (Phi) is 6.02. The van der Waals surface area contributed by atoms with Crippen LogP contribution in [-0.4, -0.2) is 43.8 Å². The van der Waals surface area contributed by atoms with Gasteiger partial charge in [-0.25, -0.2) is 0 Å². The van der Waals surface area contributed by atoms with Crippen LogP contribution >= 0.6 is 0 Å². The molecule has 0 aromatic heterocycles. The van der Waals surface area contributed by atoms with Gasteiger partial charge in [0.15, 0.2) is 0 Å². The van der Waals surface area contributed by atoms with Gasteiger partial charge in [-0.05, 0) is 6.92 Å². The number of aliphatic hydroxyl groups excluding tert-OH is 1.